The minimum absolute atomic E-state index is 0.0268. The van der Waals surface area contributed by atoms with E-state index < -0.39 is 104 Å². The summed E-state index contributed by atoms with van der Waals surface area (Å²) in [5, 5.41) is 1.45. The number of carbonyl (C=O) groups excluding carboxylic acids is 6. The van der Waals surface area contributed by atoms with Crippen LogP contribution in [-0.2, 0) is 61.8 Å². The molecule has 0 unspecified atom stereocenters. The van der Waals surface area contributed by atoms with E-state index in [9.17, 15) is 89.1 Å². The van der Waals surface area contributed by atoms with Crippen LogP contribution in [0.25, 0.3) is 43.6 Å². The lowest BCUT2D eigenvalue weighted by Crippen LogP contribution is -2.51. The number of piperazine rings is 2. The van der Waals surface area contributed by atoms with Crippen molar-refractivity contribution in [3.05, 3.63) is 392 Å². The van der Waals surface area contributed by atoms with Gasteiger partial charge in [0.1, 0.15) is 35.2 Å². The number of aromatic amines is 4. The van der Waals surface area contributed by atoms with Gasteiger partial charge in [-0.3, -0.25) is 76.6 Å². The van der Waals surface area contributed by atoms with Crippen molar-refractivity contribution in [1.29, 1.82) is 0 Å². The highest BCUT2D eigenvalue weighted by Gasteiger charge is 2.34. The van der Waals surface area contributed by atoms with Crippen LogP contribution in [0.3, 0.4) is 0 Å². The highest BCUT2D eigenvalue weighted by atomic mass is 19.1. The van der Waals surface area contributed by atoms with Crippen LogP contribution in [0.2, 0.25) is 0 Å². The molecule has 4 aliphatic heterocycles. The minimum Gasteiger partial charge on any atom is -0.450 e. The van der Waals surface area contributed by atoms with Gasteiger partial charge in [0, 0.05) is 84.1 Å². The van der Waals surface area contributed by atoms with Gasteiger partial charge in [0.2, 0.25) is 0 Å². The maximum Gasteiger partial charge on any atom is 0.410 e. The number of H-pyrrole nitrogens is 4. The molecule has 10 aromatic carbocycles. The van der Waals surface area contributed by atoms with E-state index in [0.29, 0.717) is 116 Å². The molecule has 35 heteroatoms. The first-order chi connectivity index (χ1) is 63.7. The minimum atomic E-state index is -0.700. The van der Waals surface area contributed by atoms with Crippen molar-refractivity contribution in [1.82, 2.24) is 67.6 Å². The number of para-hydroxylation sites is 4. The molecule has 0 spiro atoms. The number of halogens is 5. The normalized spacial score (nSPS) is 14.1. The van der Waals surface area contributed by atoms with Gasteiger partial charge in [-0.2, -0.15) is 0 Å². The van der Waals surface area contributed by atoms with E-state index in [2.05, 4.69) is 19.9 Å². The Hall–Kier alpha value is -16.0. The average Bonchev–Trinajstić information content (AvgIpc) is 1.04. The molecule has 19 rings (SSSR count). The number of amides is 6. The van der Waals surface area contributed by atoms with Crippen LogP contribution in [0.5, 0.6) is 0 Å². The molecule has 4 aromatic heterocycles. The number of fused-ring (bicyclic) bond motifs is 6. The average molecular weight is 1800 g/mol. The topological polar surface area (TPSA) is 360 Å². The van der Waals surface area contributed by atoms with Crippen LogP contribution in [0.15, 0.2) is 251 Å². The molecule has 1 saturated carbocycles. The number of hydrogen-bond acceptors (Lipinski definition) is 16. The van der Waals surface area contributed by atoms with Gasteiger partial charge in [0.15, 0.2) is 0 Å². The highest BCUT2D eigenvalue weighted by molar-refractivity contribution is 5.97. The van der Waals surface area contributed by atoms with E-state index >= 15 is 0 Å². The lowest BCUT2D eigenvalue weighted by molar-refractivity contribution is 0.0420. The van der Waals surface area contributed by atoms with Gasteiger partial charge in [-0.15, -0.1) is 0 Å². The van der Waals surface area contributed by atoms with Gasteiger partial charge in [-0.25, -0.2) is 50.7 Å². The van der Waals surface area contributed by atoms with Crippen LogP contribution in [0, 0.1) is 29.1 Å². The van der Waals surface area contributed by atoms with Crippen LogP contribution in [0.1, 0.15) is 119 Å². The quantitative estimate of drug-likeness (QED) is 0.0735. The van der Waals surface area contributed by atoms with Gasteiger partial charge in [0.05, 0.1) is 98.7 Å². The lowest BCUT2D eigenvalue weighted by atomic mass is 10.1. The van der Waals surface area contributed by atoms with Crippen LogP contribution in [-0.4, -0.2) is 168 Å². The summed E-state index contributed by atoms with van der Waals surface area (Å²) in [7, 11) is 0. The molecule has 2 saturated heterocycles. The number of nitrogens with one attached hydrogen (secondary N) is 4. The summed E-state index contributed by atoms with van der Waals surface area (Å²) < 4.78 is 88.4. The summed E-state index contributed by atoms with van der Waals surface area (Å²) in [5.41, 5.74) is 2.56. The van der Waals surface area contributed by atoms with Crippen LogP contribution >= 0.6 is 0 Å². The number of aromatic nitrogens is 8. The van der Waals surface area contributed by atoms with Gasteiger partial charge < -0.3 is 38.9 Å². The molecular formula is C97H85F5N14O16. The predicted octanol–water partition coefficient (Wildman–Crippen LogP) is 10.7. The van der Waals surface area contributed by atoms with Crippen molar-refractivity contribution in [3.63, 3.8) is 0 Å². The Kier molecular flexibility index (Phi) is 26.4. The predicted molar refractivity (Wildman–Crippen MR) is 478 cm³/mol. The molecule has 3 fully saturated rings. The van der Waals surface area contributed by atoms with Gasteiger partial charge in [-0.1, -0.05) is 109 Å². The molecule has 0 radical (unpaired) electrons. The van der Waals surface area contributed by atoms with Crippen molar-refractivity contribution >= 4 is 79.4 Å². The van der Waals surface area contributed by atoms with E-state index in [4.69, 9.17) is 9.47 Å². The van der Waals surface area contributed by atoms with Gasteiger partial charge in [0.25, 0.3) is 45.9 Å². The Labute approximate surface area is 745 Å². The van der Waals surface area contributed by atoms with Crippen molar-refractivity contribution in [2.45, 2.75) is 91.1 Å². The fraction of sp³-hybridized carbons (Fsp3) is 0.237. The Morgan fingerprint density at radius 1 is 0.318 bits per heavy atom. The number of hydrogen-bond donors (Lipinski definition) is 4. The van der Waals surface area contributed by atoms with E-state index in [1.807, 2.05) is 24.3 Å². The summed E-state index contributed by atoms with van der Waals surface area (Å²) in [4.78, 5) is 193. The molecule has 5 aliphatic rings. The molecule has 132 heavy (non-hydrogen) atoms. The molecular weight excluding hydrogens is 1710 g/mol. The third kappa shape index (κ3) is 19.3. The molecule has 6 amide bonds. The molecule has 674 valence electrons. The molecule has 0 atom stereocenters. The monoisotopic (exact) mass is 1800 g/mol. The van der Waals surface area contributed by atoms with Gasteiger partial charge >= 0.3 is 34.9 Å². The second-order valence-electron chi connectivity index (χ2n) is 32.2. The highest BCUT2D eigenvalue weighted by Crippen LogP contribution is 2.31. The molecule has 8 heterocycles. The Balaban J connectivity index is 0.000000129. The van der Waals surface area contributed by atoms with Crippen LogP contribution < -0.4 is 45.0 Å². The zero-order chi connectivity index (χ0) is 92.7. The number of rotatable bonds is 14. The Morgan fingerprint density at radius 2 is 0.606 bits per heavy atom. The summed E-state index contributed by atoms with van der Waals surface area (Å²) in [5.74, 6) is -4.95. The summed E-state index contributed by atoms with van der Waals surface area (Å²) in [6.45, 7) is 5.62. The largest absolute Gasteiger partial charge is 0.450 e. The lowest BCUT2D eigenvalue weighted by Gasteiger charge is -2.34. The first kappa shape index (κ1) is 89.4. The molecule has 1 aliphatic carbocycles. The first-order valence-corrected chi connectivity index (χ1v) is 42.6. The Morgan fingerprint density at radius 3 is 0.939 bits per heavy atom. The van der Waals surface area contributed by atoms with Crippen molar-refractivity contribution in [2.24, 2.45) is 0 Å². The maximum atomic E-state index is 14.7. The standard InChI is InChI=1S/C26H27FN4O5.C24H17F2N3O3.C24H18FN3O3.C23H23FN4O5/c27-21-10-9-17(16-31-22-8-4-3-7-19(22)23(32)28-25(31)34)15-20(21)24(33)29-11-13-30(14-12-29)26(35)36-18-5-1-2-6-18;25-19-6-3-4-15-12-28(13-18(15)19)23(31)17-10-14(8-9-20(17)26)11-29-21-7-2-1-5-16(21)22(30)27-24(29)32;25-20-10-9-15(12-28-21-8-4-3-7-18(21)22(29)26-24(28)31)11-19(20)23(30)27-13-16-5-1-2-6-17(16)14-27;1-2-33-23(32)27-11-9-26(10-12-27)21(30)17-13-15(7-8-18(17)24)14-28-19-6-4-3-5-16(19)20(29)25-22(28)31/h3-4,7-10,15,18H,1-2,5-6,11-14,16H2,(H,28,32,34);1-10H,11-13H2,(H,27,30,32);1-11H,12-14H2,(H,26,29,31);3-8,13H,2,9-12,14H2,1H3,(H,25,29,31). The first-order valence-electron chi connectivity index (χ1n) is 42.6. The van der Waals surface area contributed by atoms with E-state index in [-0.39, 0.29) is 107 Å². The summed E-state index contributed by atoms with van der Waals surface area (Å²) >= 11 is 0. The SMILES string of the molecule is CCOC(=O)N1CCN(C(=O)c2cc(Cn3c(=O)[nH]c(=O)c4ccccc43)ccc2F)CC1.O=C(OC1CCCC1)N1CCN(C(=O)c2cc(Cn3c(=O)[nH]c(=O)c4ccccc43)ccc2F)CC1.O=C(c1cc(Cn2c(=O)[nH]c(=O)c3ccccc32)ccc1F)N1Cc2cccc(F)c2C1.O=C(c1cc(Cn2c(=O)[nH]c(=O)c3ccccc32)ccc1F)N1Cc2ccccc2C1. The van der Waals surface area contributed by atoms with Crippen molar-refractivity contribution in [3.8, 4) is 0 Å². The Bertz CT molecular complexity index is 7420. The fourth-order valence-corrected chi connectivity index (χ4v) is 17.0. The molecule has 0 bridgehead atoms. The fourth-order valence-electron chi connectivity index (χ4n) is 17.0. The third-order valence-corrected chi connectivity index (χ3v) is 23.9. The second kappa shape index (κ2) is 38.9. The van der Waals surface area contributed by atoms with E-state index in [1.54, 1.807) is 126 Å². The summed E-state index contributed by atoms with van der Waals surface area (Å²) in [6, 6.07) is 55.8. The third-order valence-electron chi connectivity index (χ3n) is 23.9. The maximum absolute atomic E-state index is 14.7. The molecule has 14 aromatic rings. The van der Waals surface area contributed by atoms with Gasteiger partial charge in [-0.05, 0) is 175 Å². The number of carbonyl (C=O) groups is 6. The van der Waals surface area contributed by atoms with E-state index in [0.717, 1.165) is 36.8 Å². The number of nitrogens with zero attached hydrogens (tertiary/aromatic N) is 10. The van der Waals surface area contributed by atoms with Crippen molar-refractivity contribution < 1.29 is 60.2 Å². The van der Waals surface area contributed by atoms with Crippen molar-refractivity contribution in [2.75, 3.05) is 59.0 Å². The zero-order valence-corrected chi connectivity index (χ0v) is 71.0. The summed E-state index contributed by atoms with van der Waals surface area (Å²) in [6.07, 6.45) is 3.09. The zero-order valence-electron chi connectivity index (χ0n) is 71.0. The van der Waals surface area contributed by atoms with E-state index in [1.165, 1.54) is 117 Å². The molecule has 30 nitrogen and oxygen atoms in total. The number of benzene rings is 10. The second-order valence-corrected chi connectivity index (χ2v) is 32.2. The number of ether oxygens (including phenoxy) is 2. The smallest absolute Gasteiger partial charge is 0.410 e. The molecule has 4 N–H and O–H groups in total. The van der Waals surface area contributed by atoms with Crippen LogP contribution in [0.4, 0.5) is 31.5 Å².